The van der Waals surface area contributed by atoms with Crippen molar-refractivity contribution in [3.8, 4) is 0 Å². The van der Waals surface area contributed by atoms with Crippen LogP contribution in [0.15, 0.2) is 0 Å². The van der Waals surface area contributed by atoms with Gasteiger partial charge in [0.1, 0.15) is 0 Å². The first-order valence-corrected chi connectivity index (χ1v) is 10.2. The average Bonchev–Trinajstić information content (AvgIpc) is 1.52. The number of rotatable bonds is 2. The van der Waals surface area contributed by atoms with Crippen LogP contribution in [-0.2, 0) is 0 Å². The van der Waals surface area contributed by atoms with E-state index < -0.39 is 22.4 Å². The SMILES string of the molecule is C[Si](C)(C)[OH+][Si](C)(C)C(F)(F)F. The molecule has 0 rings (SSSR count). The lowest BCUT2D eigenvalue weighted by atomic mass is 11.5. The van der Waals surface area contributed by atoms with Gasteiger partial charge >= 0.3 is 22.4 Å². The molecule has 0 saturated heterocycles. The second kappa shape index (κ2) is 3.15. The van der Waals surface area contributed by atoms with Crippen LogP contribution in [0, 0.1) is 0 Å². The summed E-state index contributed by atoms with van der Waals surface area (Å²) in [5.41, 5.74) is 0. The van der Waals surface area contributed by atoms with Crippen molar-refractivity contribution in [3.63, 3.8) is 0 Å². The summed E-state index contributed by atoms with van der Waals surface area (Å²) in [6.07, 6.45) is 0. The Hall–Kier alpha value is 0.184. The van der Waals surface area contributed by atoms with Gasteiger partial charge in [0, 0.05) is 32.7 Å². The molecule has 0 unspecified atom stereocenters. The molecule has 0 aliphatic carbocycles. The molecule has 12 heavy (non-hydrogen) atoms. The molecule has 0 spiro atoms. The molecule has 1 nitrogen and oxygen atoms in total. The second-order valence-electron chi connectivity index (χ2n) is 4.34. The molecule has 0 radical (unpaired) electrons. The van der Waals surface area contributed by atoms with Crippen molar-refractivity contribution in [1.29, 1.82) is 0 Å². The Labute approximate surface area is 73.2 Å². The Morgan fingerprint density at radius 3 is 1.33 bits per heavy atom. The minimum absolute atomic E-state index is 1.26. The highest BCUT2D eigenvalue weighted by molar-refractivity contribution is 6.84. The summed E-state index contributed by atoms with van der Waals surface area (Å²) < 4.78 is 41.0. The summed E-state index contributed by atoms with van der Waals surface area (Å²) in [6, 6.07) is 0. The van der Waals surface area contributed by atoms with Crippen LogP contribution in [0.3, 0.4) is 0 Å². The minimum Gasteiger partial charge on any atom is -0.625 e. The highest BCUT2D eigenvalue weighted by Crippen LogP contribution is 2.29. The predicted octanol–water partition coefficient (Wildman–Crippen LogP) is 2.66. The van der Waals surface area contributed by atoms with Gasteiger partial charge in [-0.25, -0.2) is 0 Å². The van der Waals surface area contributed by atoms with E-state index in [9.17, 15) is 13.2 Å². The minimum atomic E-state index is -4.09. The fourth-order valence-corrected chi connectivity index (χ4v) is 8.12. The summed E-state index contributed by atoms with van der Waals surface area (Å²) in [7, 11) is -5.29. The zero-order chi connectivity index (χ0) is 10.2. The molecule has 0 bridgehead atoms. The summed E-state index contributed by atoms with van der Waals surface area (Å²) in [5.74, 6) is -4.09. The van der Waals surface area contributed by atoms with Crippen molar-refractivity contribution in [2.75, 3.05) is 0 Å². The van der Waals surface area contributed by atoms with Gasteiger partial charge in [-0.15, -0.1) is 0 Å². The number of halogens is 3. The maximum Gasteiger partial charge on any atom is 0.468 e. The number of hydrogen-bond acceptors (Lipinski definition) is 0. The molecule has 74 valence electrons. The second-order valence-corrected chi connectivity index (χ2v) is 13.3. The molecule has 0 aliphatic heterocycles. The third kappa shape index (κ3) is 3.73. The van der Waals surface area contributed by atoms with Gasteiger partial charge in [-0.3, -0.25) is 0 Å². The summed E-state index contributed by atoms with van der Waals surface area (Å²) in [4.78, 5) is 0. The Bertz CT molecular complexity index is 159. The fourth-order valence-electron chi connectivity index (χ4n) is 0.902. The van der Waals surface area contributed by atoms with Crippen LogP contribution >= 0.6 is 0 Å². The van der Waals surface area contributed by atoms with Gasteiger partial charge in [0.2, 0.25) is 0 Å². The molecule has 0 heterocycles. The number of hydrogen-bond donors (Lipinski definition) is 0. The van der Waals surface area contributed by atoms with Crippen LogP contribution in [0.1, 0.15) is 0 Å². The molecule has 6 heteroatoms. The number of alkyl halides is 3. The van der Waals surface area contributed by atoms with Crippen LogP contribution in [0.25, 0.3) is 0 Å². The van der Waals surface area contributed by atoms with Crippen molar-refractivity contribution in [1.82, 2.24) is 0 Å². The van der Waals surface area contributed by atoms with E-state index >= 15 is 0 Å². The Morgan fingerprint density at radius 1 is 0.917 bits per heavy atom. The normalized spacial score (nSPS) is 15.0. The van der Waals surface area contributed by atoms with Crippen LogP contribution in [0.2, 0.25) is 32.7 Å². The van der Waals surface area contributed by atoms with Crippen LogP contribution in [-0.4, -0.2) is 26.5 Å². The average molecular weight is 217 g/mol. The van der Waals surface area contributed by atoms with E-state index in [-0.39, 0.29) is 0 Å². The summed E-state index contributed by atoms with van der Waals surface area (Å²) >= 11 is 0. The van der Waals surface area contributed by atoms with Gasteiger partial charge in [-0.05, 0) is 0 Å². The van der Waals surface area contributed by atoms with Crippen molar-refractivity contribution in [2.45, 2.75) is 38.5 Å². The zero-order valence-corrected chi connectivity index (χ0v) is 10.1. The van der Waals surface area contributed by atoms with Gasteiger partial charge in [0.05, 0.1) is 0 Å². The lowest BCUT2D eigenvalue weighted by Crippen LogP contribution is -2.56. The maximum atomic E-state index is 12.4. The topological polar surface area (TPSA) is 12.8 Å². The van der Waals surface area contributed by atoms with Gasteiger partial charge < -0.3 is 4.12 Å². The third-order valence-corrected chi connectivity index (χ3v) is 7.62. The quantitative estimate of drug-likeness (QED) is 0.498. The predicted molar refractivity (Wildman–Crippen MR) is 49.1 cm³/mol. The van der Waals surface area contributed by atoms with Crippen LogP contribution < -0.4 is 0 Å². The lowest BCUT2D eigenvalue weighted by molar-refractivity contribution is -0.0749. The molecule has 0 fully saturated rings. The van der Waals surface area contributed by atoms with Crippen LogP contribution in [0.5, 0.6) is 0 Å². The van der Waals surface area contributed by atoms with Crippen molar-refractivity contribution in [2.24, 2.45) is 0 Å². The molecule has 0 saturated carbocycles. The van der Waals surface area contributed by atoms with Gasteiger partial charge in [-0.2, -0.15) is 13.2 Å². The largest absolute Gasteiger partial charge is 0.625 e. The highest BCUT2D eigenvalue weighted by atomic mass is 28.4. The molecule has 0 atom stereocenters. The monoisotopic (exact) mass is 217 g/mol. The van der Waals surface area contributed by atoms with Crippen molar-refractivity contribution >= 4 is 16.6 Å². The first-order chi connectivity index (χ1) is 4.96. The Balaban J connectivity index is 4.44. The standard InChI is InChI=1S/C6H15F3OSi2/c1-11(2,3)10-12(4,5)6(7,8)9/h1-5H3/p+1. The fraction of sp³-hybridized carbons (Fsp3) is 1.00. The third-order valence-electron chi connectivity index (χ3n) is 1.31. The molecular formula is C6H16F3OSi2+. The van der Waals surface area contributed by atoms with Crippen molar-refractivity contribution in [3.05, 3.63) is 0 Å². The van der Waals surface area contributed by atoms with E-state index in [0.29, 0.717) is 0 Å². The first-order valence-electron chi connectivity index (χ1n) is 3.76. The first kappa shape index (κ1) is 12.2. The smallest absolute Gasteiger partial charge is 0.468 e. The molecule has 1 N–H and O–H groups in total. The summed E-state index contributed by atoms with van der Waals surface area (Å²) in [6.45, 7) is 7.99. The molecule has 0 aromatic heterocycles. The molecule has 0 aromatic carbocycles. The van der Waals surface area contributed by atoms with Gasteiger partial charge in [0.15, 0.2) is 0 Å². The van der Waals surface area contributed by atoms with Crippen molar-refractivity contribution < 1.29 is 17.3 Å². The van der Waals surface area contributed by atoms with E-state index in [4.69, 9.17) is 0 Å². The molecule has 0 aromatic rings. The van der Waals surface area contributed by atoms with Crippen LogP contribution in [0.4, 0.5) is 13.2 Å². The van der Waals surface area contributed by atoms with E-state index in [1.807, 2.05) is 19.6 Å². The molecule has 0 aliphatic rings. The van der Waals surface area contributed by atoms with Gasteiger partial charge in [0.25, 0.3) is 0 Å². The summed E-state index contributed by atoms with van der Waals surface area (Å²) in [5, 5.41) is 0. The Kier molecular flexibility index (Phi) is 3.20. The van der Waals surface area contributed by atoms with E-state index in [0.717, 1.165) is 0 Å². The molecular weight excluding hydrogens is 201 g/mol. The van der Waals surface area contributed by atoms with Gasteiger partial charge in [-0.1, -0.05) is 0 Å². The van der Waals surface area contributed by atoms with E-state index in [1.165, 1.54) is 13.1 Å². The lowest BCUT2D eigenvalue weighted by Gasteiger charge is -2.28. The van der Waals surface area contributed by atoms with E-state index in [2.05, 4.69) is 4.12 Å². The Morgan fingerprint density at radius 2 is 1.25 bits per heavy atom. The highest BCUT2D eigenvalue weighted by Gasteiger charge is 2.61. The molecule has 0 amide bonds. The maximum absolute atomic E-state index is 12.4. The zero-order valence-electron chi connectivity index (χ0n) is 8.08. The van der Waals surface area contributed by atoms with E-state index in [1.54, 1.807) is 0 Å².